The van der Waals surface area contributed by atoms with Crippen LogP contribution in [0.4, 0.5) is 34.1 Å². The van der Waals surface area contributed by atoms with E-state index in [9.17, 15) is 0 Å². The Morgan fingerprint density at radius 2 is 0.781 bits per heavy atom. The predicted octanol–water partition coefficient (Wildman–Crippen LogP) is 20.4. The van der Waals surface area contributed by atoms with Crippen molar-refractivity contribution in [2.24, 2.45) is 0 Å². The van der Waals surface area contributed by atoms with Gasteiger partial charge in [0.15, 0.2) is 5.58 Å². The number of nitrogens with zero attached hydrogens (tertiary/aromatic N) is 2. The summed E-state index contributed by atoms with van der Waals surface area (Å²) >= 11 is 1.84. The number of anilines is 6. The number of rotatable bonds is 8. The van der Waals surface area contributed by atoms with E-state index in [4.69, 9.17) is 8.83 Å². The summed E-state index contributed by atoms with van der Waals surface area (Å²) in [4.78, 5) is 4.77. The summed E-state index contributed by atoms with van der Waals surface area (Å²) in [5.74, 6) is 0. The summed E-state index contributed by atoms with van der Waals surface area (Å²) in [5, 5.41) is 11.4. The molecule has 0 aliphatic heterocycles. The molecular formula is C68H42N2O2S. The molecule has 0 atom stereocenters. The zero-order valence-electron chi connectivity index (χ0n) is 39.4. The minimum Gasteiger partial charge on any atom is -0.455 e. The second-order valence-electron chi connectivity index (χ2n) is 18.7. The summed E-state index contributed by atoms with van der Waals surface area (Å²) in [5.41, 5.74) is 14.1. The zero-order chi connectivity index (χ0) is 48.0. The van der Waals surface area contributed by atoms with Crippen LogP contribution in [0.1, 0.15) is 0 Å². The molecular weight excluding hydrogens is 909 g/mol. The molecule has 0 bridgehead atoms. The average Bonchev–Trinajstić information content (AvgIpc) is 4.17. The van der Waals surface area contributed by atoms with Gasteiger partial charge in [0.05, 0.1) is 22.7 Å². The van der Waals surface area contributed by atoms with Crippen LogP contribution >= 0.6 is 11.3 Å². The molecule has 0 spiro atoms. The second kappa shape index (κ2) is 16.6. The number of thiophene rings is 1. The Kier molecular flexibility index (Phi) is 9.41. The molecule has 342 valence electrons. The molecule has 0 N–H and O–H groups in total. The maximum atomic E-state index is 7.25. The number of benzene rings is 12. The van der Waals surface area contributed by atoms with E-state index in [-0.39, 0.29) is 0 Å². The highest BCUT2D eigenvalue weighted by molar-refractivity contribution is 7.25. The lowest BCUT2D eigenvalue weighted by Crippen LogP contribution is -2.11. The van der Waals surface area contributed by atoms with Gasteiger partial charge in [-0.25, -0.2) is 0 Å². The fourth-order valence-corrected chi connectivity index (χ4v) is 12.5. The topological polar surface area (TPSA) is 32.8 Å². The molecule has 0 aliphatic rings. The highest BCUT2D eigenvalue weighted by Gasteiger charge is 2.25. The van der Waals surface area contributed by atoms with Gasteiger partial charge in [-0.15, -0.1) is 11.3 Å². The van der Waals surface area contributed by atoms with Crippen molar-refractivity contribution in [1.82, 2.24) is 0 Å². The molecule has 73 heavy (non-hydrogen) atoms. The Balaban J connectivity index is 0.951. The summed E-state index contributed by atoms with van der Waals surface area (Å²) in [6, 6.07) is 91.5. The normalized spacial score (nSPS) is 11.8. The van der Waals surface area contributed by atoms with E-state index in [2.05, 4.69) is 252 Å². The molecule has 0 radical (unpaired) electrons. The van der Waals surface area contributed by atoms with Gasteiger partial charge in [0.1, 0.15) is 16.7 Å². The number of furan rings is 2. The minimum atomic E-state index is 0.808. The van der Waals surface area contributed by atoms with Crippen LogP contribution in [0.5, 0.6) is 0 Å². The van der Waals surface area contributed by atoms with Gasteiger partial charge in [-0.05, 0) is 106 Å². The van der Waals surface area contributed by atoms with Crippen LogP contribution in [0, 0.1) is 0 Å². The van der Waals surface area contributed by atoms with Crippen LogP contribution < -0.4 is 9.80 Å². The fraction of sp³-hybridized carbons (Fsp3) is 0. The Morgan fingerprint density at radius 3 is 1.53 bits per heavy atom. The zero-order valence-corrected chi connectivity index (χ0v) is 40.2. The average molecular weight is 951 g/mol. The van der Waals surface area contributed by atoms with Gasteiger partial charge in [-0.1, -0.05) is 170 Å². The van der Waals surface area contributed by atoms with E-state index in [1.54, 1.807) is 0 Å². The summed E-state index contributed by atoms with van der Waals surface area (Å²) < 4.78 is 16.6. The molecule has 0 fully saturated rings. The van der Waals surface area contributed by atoms with Gasteiger partial charge < -0.3 is 18.6 Å². The van der Waals surface area contributed by atoms with Crippen molar-refractivity contribution in [1.29, 1.82) is 0 Å². The van der Waals surface area contributed by atoms with E-state index in [0.29, 0.717) is 0 Å². The number of hydrogen-bond acceptors (Lipinski definition) is 5. The van der Waals surface area contributed by atoms with Crippen molar-refractivity contribution in [3.8, 4) is 22.3 Å². The highest BCUT2D eigenvalue weighted by atomic mass is 32.1. The van der Waals surface area contributed by atoms with Gasteiger partial charge >= 0.3 is 0 Å². The Bertz CT molecular complexity index is 4650. The molecule has 15 aromatic rings. The number of fused-ring (bicyclic) bond motifs is 14. The molecule has 15 rings (SSSR count). The smallest absolute Gasteiger partial charge is 0.159 e. The summed E-state index contributed by atoms with van der Waals surface area (Å²) in [6.07, 6.45) is 0. The van der Waals surface area contributed by atoms with Crippen LogP contribution in [0.25, 0.3) is 108 Å². The molecule has 0 aliphatic carbocycles. The van der Waals surface area contributed by atoms with Crippen molar-refractivity contribution >= 4 is 131 Å². The van der Waals surface area contributed by atoms with Crippen LogP contribution in [-0.2, 0) is 0 Å². The number of hydrogen-bond donors (Lipinski definition) is 0. The first kappa shape index (κ1) is 41.4. The molecule has 0 unspecified atom stereocenters. The Morgan fingerprint density at radius 1 is 0.274 bits per heavy atom. The lowest BCUT2D eigenvalue weighted by molar-refractivity contribution is 0.668. The summed E-state index contributed by atoms with van der Waals surface area (Å²) in [7, 11) is 0. The predicted molar refractivity (Wildman–Crippen MR) is 309 cm³/mol. The first-order chi connectivity index (χ1) is 36.2. The molecule has 5 heteroatoms. The maximum Gasteiger partial charge on any atom is 0.159 e. The van der Waals surface area contributed by atoms with Crippen LogP contribution in [0.2, 0.25) is 0 Å². The standard InChI is InChI=1S/C68H42N2O2S/c1-3-18-43(19-4-1)48-22-9-13-29-59(48)69(46-36-39-65-58(41-46)52-26-12-16-33-64(52)73-65)45-34-37-55-57(40-45)50-24-7-8-27-53(50)66-56-38-35-47(42-63(56)72-68(55)66)70(60-30-14-10-23-49(60)44-20-5-2-6-21-44)61-31-17-28-54-51-25-11-15-32-62(51)71-67(54)61/h1-42H. The largest absolute Gasteiger partial charge is 0.455 e. The van der Waals surface area contributed by atoms with E-state index < -0.39 is 0 Å². The minimum absolute atomic E-state index is 0.808. The van der Waals surface area contributed by atoms with E-state index >= 15 is 0 Å². The van der Waals surface area contributed by atoms with Crippen LogP contribution in [0.3, 0.4) is 0 Å². The van der Waals surface area contributed by atoms with Gasteiger partial charge in [0.2, 0.25) is 0 Å². The quantitative estimate of drug-likeness (QED) is 0.142. The molecule has 0 saturated heterocycles. The Labute approximate surface area is 424 Å². The Hall–Kier alpha value is -9.42. The molecule has 12 aromatic carbocycles. The monoisotopic (exact) mass is 950 g/mol. The van der Waals surface area contributed by atoms with Crippen LogP contribution in [-0.4, -0.2) is 0 Å². The SMILES string of the molecule is c1ccc(-c2ccccc2N(c2ccc3sc4ccccc4c3c2)c2ccc3c(c2)c2ccccc2c2c4ccc(N(c5ccccc5-c5ccccc5)c5cccc6c5oc5ccccc56)cc4oc32)cc1. The van der Waals surface area contributed by atoms with Crippen molar-refractivity contribution in [3.05, 3.63) is 255 Å². The second-order valence-corrected chi connectivity index (χ2v) is 19.8. The third kappa shape index (κ3) is 6.60. The van der Waals surface area contributed by atoms with Gasteiger partial charge in [0.25, 0.3) is 0 Å². The van der Waals surface area contributed by atoms with Gasteiger partial charge in [-0.3, -0.25) is 0 Å². The van der Waals surface area contributed by atoms with E-state index in [1.165, 1.54) is 25.6 Å². The van der Waals surface area contributed by atoms with Crippen molar-refractivity contribution in [3.63, 3.8) is 0 Å². The highest BCUT2D eigenvalue weighted by Crippen LogP contribution is 2.50. The summed E-state index contributed by atoms with van der Waals surface area (Å²) in [6.45, 7) is 0. The molecule has 0 saturated carbocycles. The van der Waals surface area contributed by atoms with Crippen molar-refractivity contribution < 1.29 is 8.83 Å². The van der Waals surface area contributed by atoms with Gasteiger partial charge in [-0.2, -0.15) is 0 Å². The van der Waals surface area contributed by atoms with Crippen molar-refractivity contribution in [2.45, 2.75) is 0 Å². The van der Waals surface area contributed by atoms with Crippen molar-refractivity contribution in [2.75, 3.05) is 9.80 Å². The molecule has 4 nitrogen and oxygen atoms in total. The third-order valence-corrected chi connectivity index (χ3v) is 15.8. The lowest BCUT2D eigenvalue weighted by Gasteiger charge is -2.28. The van der Waals surface area contributed by atoms with E-state index in [1.807, 2.05) is 23.5 Å². The fourth-order valence-electron chi connectivity index (χ4n) is 11.4. The van der Waals surface area contributed by atoms with Gasteiger partial charge in [0, 0.05) is 75.7 Å². The maximum absolute atomic E-state index is 7.25. The molecule has 3 aromatic heterocycles. The first-order valence-electron chi connectivity index (χ1n) is 24.7. The van der Waals surface area contributed by atoms with E-state index in [0.717, 1.165) is 116 Å². The van der Waals surface area contributed by atoms with Crippen LogP contribution in [0.15, 0.2) is 264 Å². The lowest BCUT2D eigenvalue weighted by atomic mass is 9.95. The molecule has 3 heterocycles. The first-order valence-corrected chi connectivity index (χ1v) is 25.5. The number of para-hydroxylation sites is 4. The third-order valence-electron chi connectivity index (χ3n) is 14.6. The molecule has 0 amide bonds.